The summed E-state index contributed by atoms with van der Waals surface area (Å²) in [4.78, 5) is 29.0. The lowest BCUT2D eigenvalue weighted by Gasteiger charge is -2.41. The van der Waals surface area contributed by atoms with Gasteiger partial charge in [-0.3, -0.25) is 9.59 Å². The first-order chi connectivity index (χ1) is 12.7. The normalized spacial score (nSPS) is 16.9. The van der Waals surface area contributed by atoms with Crippen molar-refractivity contribution < 1.29 is 14.3 Å². The average molecular weight is 387 g/mol. The number of halogens is 1. The smallest absolute Gasteiger partial charge is 0.308 e. The van der Waals surface area contributed by atoms with E-state index in [4.69, 9.17) is 16.3 Å². The van der Waals surface area contributed by atoms with Crippen molar-refractivity contribution in [2.24, 2.45) is 0 Å². The van der Waals surface area contributed by atoms with Crippen molar-refractivity contribution >= 4 is 40.5 Å². The number of likely N-dealkylation sites (N-methyl/N-ethyl adjacent to an activating group) is 1. The standard InChI is InChI=1S/C21H23ClN2O3/c1-21(2,3)27-19(25)13-18-20(26)23(4)16-11-10-14(22)12-17(16)24(18)15-8-6-5-7-9-15/h5-12,18H,13H2,1-4H3. The minimum absolute atomic E-state index is 0.0543. The molecule has 0 saturated heterocycles. The van der Waals surface area contributed by atoms with Crippen molar-refractivity contribution in [3.63, 3.8) is 0 Å². The van der Waals surface area contributed by atoms with E-state index >= 15 is 0 Å². The van der Waals surface area contributed by atoms with Crippen LogP contribution in [0.2, 0.25) is 5.02 Å². The molecule has 1 atom stereocenters. The Labute approximate surface area is 164 Å². The Morgan fingerprint density at radius 3 is 2.41 bits per heavy atom. The fourth-order valence-corrected chi connectivity index (χ4v) is 3.39. The van der Waals surface area contributed by atoms with E-state index in [1.54, 1.807) is 18.0 Å². The second kappa shape index (κ2) is 7.24. The Morgan fingerprint density at radius 1 is 1.11 bits per heavy atom. The van der Waals surface area contributed by atoms with Gasteiger partial charge in [0, 0.05) is 17.8 Å². The quantitative estimate of drug-likeness (QED) is 0.726. The molecular formula is C21H23ClN2O3. The second-order valence-corrected chi connectivity index (χ2v) is 7.98. The summed E-state index contributed by atoms with van der Waals surface area (Å²) >= 11 is 6.23. The van der Waals surface area contributed by atoms with Crippen molar-refractivity contribution in [3.05, 3.63) is 53.6 Å². The number of fused-ring (bicyclic) bond motifs is 1. The molecule has 0 saturated carbocycles. The number of rotatable bonds is 3. The van der Waals surface area contributed by atoms with E-state index in [-0.39, 0.29) is 12.3 Å². The number of ether oxygens (including phenoxy) is 1. The molecule has 1 amide bonds. The topological polar surface area (TPSA) is 49.9 Å². The summed E-state index contributed by atoms with van der Waals surface area (Å²) in [5, 5.41) is 0.563. The molecule has 0 fully saturated rings. The molecule has 1 unspecified atom stereocenters. The summed E-state index contributed by atoms with van der Waals surface area (Å²) in [5.74, 6) is -0.583. The van der Waals surface area contributed by atoms with Crippen molar-refractivity contribution in [3.8, 4) is 0 Å². The van der Waals surface area contributed by atoms with Gasteiger partial charge in [-0.15, -0.1) is 0 Å². The fraction of sp³-hybridized carbons (Fsp3) is 0.333. The van der Waals surface area contributed by atoms with E-state index < -0.39 is 17.6 Å². The van der Waals surface area contributed by atoms with Gasteiger partial charge in [0.15, 0.2) is 0 Å². The highest BCUT2D eigenvalue weighted by Crippen LogP contribution is 2.42. The molecule has 2 aromatic carbocycles. The minimum Gasteiger partial charge on any atom is -0.460 e. The SMILES string of the molecule is CN1C(=O)C(CC(=O)OC(C)(C)C)N(c2ccccc2)c2cc(Cl)ccc21. The number of nitrogens with zero attached hydrogens (tertiary/aromatic N) is 2. The highest BCUT2D eigenvalue weighted by atomic mass is 35.5. The predicted molar refractivity (Wildman–Crippen MR) is 108 cm³/mol. The lowest BCUT2D eigenvalue weighted by atomic mass is 10.0. The van der Waals surface area contributed by atoms with Crippen LogP contribution in [0.5, 0.6) is 0 Å². The second-order valence-electron chi connectivity index (χ2n) is 7.54. The van der Waals surface area contributed by atoms with Crippen LogP contribution in [0.3, 0.4) is 0 Å². The summed E-state index contributed by atoms with van der Waals surface area (Å²) in [6, 6.07) is 14.2. The summed E-state index contributed by atoms with van der Waals surface area (Å²) in [5.41, 5.74) is 1.73. The Balaban J connectivity index is 2.07. The molecule has 0 radical (unpaired) electrons. The predicted octanol–water partition coefficient (Wildman–Crippen LogP) is 4.55. The summed E-state index contributed by atoms with van der Waals surface area (Å²) < 4.78 is 5.46. The molecule has 0 aliphatic carbocycles. The zero-order chi connectivity index (χ0) is 19.8. The largest absolute Gasteiger partial charge is 0.460 e. The third-order valence-corrected chi connectivity index (χ3v) is 4.54. The number of hydrogen-bond acceptors (Lipinski definition) is 4. The molecule has 0 spiro atoms. The van der Waals surface area contributed by atoms with Crippen LogP contribution in [-0.4, -0.2) is 30.6 Å². The van der Waals surface area contributed by atoms with Crippen molar-refractivity contribution in [2.75, 3.05) is 16.8 Å². The Hall–Kier alpha value is -2.53. The lowest BCUT2D eigenvalue weighted by Crippen LogP contribution is -2.51. The molecule has 0 aromatic heterocycles. The number of hydrogen-bond donors (Lipinski definition) is 0. The molecule has 0 bridgehead atoms. The summed E-state index contributed by atoms with van der Waals surface area (Å²) in [6.07, 6.45) is -0.0543. The van der Waals surface area contributed by atoms with E-state index in [2.05, 4.69) is 0 Å². The van der Waals surface area contributed by atoms with Gasteiger partial charge >= 0.3 is 5.97 Å². The lowest BCUT2D eigenvalue weighted by molar-refractivity contribution is -0.156. The summed E-state index contributed by atoms with van der Waals surface area (Å²) in [6.45, 7) is 5.43. The monoisotopic (exact) mass is 386 g/mol. The molecule has 1 aliphatic heterocycles. The molecule has 6 heteroatoms. The van der Waals surface area contributed by atoms with E-state index in [1.165, 1.54) is 0 Å². The maximum absolute atomic E-state index is 13.1. The van der Waals surface area contributed by atoms with Crippen molar-refractivity contribution in [1.29, 1.82) is 0 Å². The molecule has 0 N–H and O–H groups in total. The third kappa shape index (κ3) is 4.08. The van der Waals surface area contributed by atoms with Gasteiger partial charge in [0.25, 0.3) is 0 Å². The number of carbonyl (C=O) groups is 2. The molecule has 27 heavy (non-hydrogen) atoms. The molecule has 1 heterocycles. The van der Waals surface area contributed by atoms with E-state index in [1.807, 2.05) is 68.1 Å². The van der Waals surface area contributed by atoms with Gasteiger partial charge in [-0.05, 0) is 51.1 Å². The molecule has 3 rings (SSSR count). The van der Waals surface area contributed by atoms with E-state index in [0.717, 1.165) is 17.1 Å². The first kappa shape index (κ1) is 19.2. The average Bonchev–Trinajstić information content (AvgIpc) is 2.58. The van der Waals surface area contributed by atoms with Gasteiger partial charge in [-0.25, -0.2) is 0 Å². The van der Waals surface area contributed by atoms with E-state index in [9.17, 15) is 9.59 Å². The van der Waals surface area contributed by atoms with Crippen LogP contribution in [0, 0.1) is 0 Å². The first-order valence-corrected chi connectivity index (χ1v) is 9.18. The highest BCUT2D eigenvalue weighted by molar-refractivity contribution is 6.31. The zero-order valence-electron chi connectivity index (χ0n) is 15.9. The number of para-hydroxylation sites is 1. The number of esters is 1. The number of amides is 1. The third-order valence-electron chi connectivity index (χ3n) is 4.30. The van der Waals surface area contributed by atoms with Crippen LogP contribution >= 0.6 is 11.6 Å². The molecule has 5 nitrogen and oxygen atoms in total. The maximum atomic E-state index is 13.1. The van der Waals surface area contributed by atoms with Crippen molar-refractivity contribution in [2.45, 2.75) is 38.8 Å². The number of benzene rings is 2. The molecule has 1 aliphatic rings. The van der Waals surface area contributed by atoms with Gasteiger partial charge < -0.3 is 14.5 Å². The van der Waals surface area contributed by atoms with E-state index in [0.29, 0.717) is 5.02 Å². The maximum Gasteiger partial charge on any atom is 0.308 e. The first-order valence-electron chi connectivity index (χ1n) is 8.80. The van der Waals surface area contributed by atoms with Crippen LogP contribution < -0.4 is 9.80 Å². The highest BCUT2D eigenvalue weighted by Gasteiger charge is 2.39. The molecular weight excluding hydrogens is 364 g/mol. The van der Waals surface area contributed by atoms with Gasteiger partial charge in [-0.2, -0.15) is 0 Å². The van der Waals surface area contributed by atoms with Crippen molar-refractivity contribution in [1.82, 2.24) is 0 Å². The van der Waals surface area contributed by atoms with Gasteiger partial charge in [-0.1, -0.05) is 29.8 Å². The van der Waals surface area contributed by atoms with Gasteiger partial charge in [0.1, 0.15) is 11.6 Å². The van der Waals surface area contributed by atoms with Gasteiger partial charge in [0.2, 0.25) is 5.91 Å². The van der Waals surface area contributed by atoms with Crippen LogP contribution in [0.15, 0.2) is 48.5 Å². The number of anilines is 3. The van der Waals surface area contributed by atoms with Crippen LogP contribution in [0.4, 0.5) is 17.1 Å². The minimum atomic E-state index is -0.710. The van der Waals surface area contributed by atoms with Crippen LogP contribution in [0.1, 0.15) is 27.2 Å². The number of carbonyl (C=O) groups excluding carboxylic acids is 2. The Kier molecular flexibility index (Phi) is 5.16. The molecule has 142 valence electrons. The van der Waals surface area contributed by atoms with Gasteiger partial charge in [0.05, 0.1) is 17.8 Å². The van der Waals surface area contributed by atoms with Crippen LogP contribution in [-0.2, 0) is 14.3 Å². The Morgan fingerprint density at radius 2 is 1.78 bits per heavy atom. The zero-order valence-corrected chi connectivity index (χ0v) is 16.7. The van der Waals surface area contributed by atoms with Crippen LogP contribution in [0.25, 0.3) is 0 Å². The fourth-order valence-electron chi connectivity index (χ4n) is 3.22. The summed E-state index contributed by atoms with van der Waals surface area (Å²) in [7, 11) is 1.71. The Bertz CT molecular complexity index is 861. The molecule has 2 aromatic rings.